The Morgan fingerprint density at radius 2 is 1.15 bits per heavy atom. The third-order valence-electron chi connectivity index (χ3n) is 13.9. The summed E-state index contributed by atoms with van der Waals surface area (Å²) >= 11 is 0. The highest BCUT2D eigenvalue weighted by Gasteiger charge is 2.46. The van der Waals surface area contributed by atoms with Crippen LogP contribution in [-0.4, -0.2) is 6.71 Å². The standard InChI is InChI=1S/C52H51BN2/c1-52(2,3)39-29-25-34(26-30-39)38-28-31-46-43(33-38)53-50-42-20-9-6-15-37(42)27-32-49(50)55(45-22-11-17-36-14-5-8-19-41(36)45)48-24-12-23-47(51(48)53)54(46)44-21-10-16-35-13-4-7-18-40(35)44/h4,7,11-13,17-18,22-33,44H,5-6,8-10,14-16,19-21H2,1-3H3. The topological polar surface area (TPSA) is 6.48 Å². The molecule has 0 saturated carbocycles. The van der Waals surface area contributed by atoms with Gasteiger partial charge in [0.15, 0.2) is 0 Å². The Hall–Kier alpha value is -5.02. The van der Waals surface area contributed by atoms with E-state index in [4.69, 9.17) is 0 Å². The van der Waals surface area contributed by atoms with E-state index in [1.165, 1.54) is 119 Å². The molecule has 272 valence electrons. The van der Waals surface area contributed by atoms with Gasteiger partial charge in [-0.3, -0.25) is 0 Å². The first kappa shape index (κ1) is 33.3. The fourth-order valence-electron chi connectivity index (χ4n) is 11.2. The molecule has 0 saturated heterocycles. The number of benzene rings is 6. The van der Waals surface area contributed by atoms with E-state index < -0.39 is 0 Å². The molecule has 3 aliphatic carbocycles. The first-order valence-electron chi connectivity index (χ1n) is 21.2. The van der Waals surface area contributed by atoms with Gasteiger partial charge in [-0.2, -0.15) is 0 Å². The first-order chi connectivity index (χ1) is 26.9. The Morgan fingerprint density at radius 1 is 0.509 bits per heavy atom. The van der Waals surface area contributed by atoms with E-state index in [9.17, 15) is 0 Å². The molecular formula is C52H51BN2. The van der Waals surface area contributed by atoms with Crippen molar-refractivity contribution in [3.63, 3.8) is 0 Å². The molecule has 0 N–H and O–H groups in total. The molecule has 3 heteroatoms. The van der Waals surface area contributed by atoms with E-state index >= 15 is 0 Å². The maximum atomic E-state index is 2.79. The molecule has 0 radical (unpaired) electrons. The van der Waals surface area contributed by atoms with Crippen LogP contribution in [0.1, 0.15) is 104 Å². The van der Waals surface area contributed by atoms with Gasteiger partial charge in [0, 0.05) is 28.4 Å². The normalized spacial score (nSPS) is 18.1. The molecular weight excluding hydrogens is 663 g/mol. The van der Waals surface area contributed by atoms with E-state index in [1.807, 2.05) is 0 Å². The second-order valence-electron chi connectivity index (χ2n) is 18.0. The van der Waals surface area contributed by atoms with Crippen molar-refractivity contribution in [1.82, 2.24) is 0 Å². The molecule has 0 aromatic heterocycles. The van der Waals surface area contributed by atoms with Crippen molar-refractivity contribution in [2.75, 3.05) is 9.80 Å². The van der Waals surface area contributed by atoms with Gasteiger partial charge >= 0.3 is 0 Å². The van der Waals surface area contributed by atoms with Crippen molar-refractivity contribution in [2.24, 2.45) is 0 Å². The smallest absolute Gasteiger partial charge is 0.252 e. The van der Waals surface area contributed by atoms with Crippen molar-refractivity contribution < 1.29 is 0 Å². The van der Waals surface area contributed by atoms with E-state index in [1.54, 1.807) is 27.7 Å². The zero-order chi connectivity index (χ0) is 36.8. The summed E-state index contributed by atoms with van der Waals surface area (Å²) in [5, 5.41) is 0. The van der Waals surface area contributed by atoms with Crippen LogP contribution in [0.4, 0.5) is 28.4 Å². The SMILES string of the molecule is CC(C)(C)c1ccc(-c2ccc3c(c2)B2c4c(cccc4N3C3CCCc4ccccc43)N(c3cccc4c3CCCC4)c3ccc4c(c32)CCCC4)cc1. The van der Waals surface area contributed by atoms with Crippen LogP contribution in [0.5, 0.6) is 0 Å². The van der Waals surface area contributed by atoms with Gasteiger partial charge in [0.05, 0.1) is 6.04 Å². The van der Waals surface area contributed by atoms with E-state index in [2.05, 4.69) is 146 Å². The number of hydrogen-bond acceptors (Lipinski definition) is 2. The molecule has 0 bridgehead atoms. The Kier molecular flexibility index (Phi) is 7.74. The van der Waals surface area contributed by atoms with Crippen LogP contribution in [-0.2, 0) is 37.5 Å². The minimum atomic E-state index is 0.125. The van der Waals surface area contributed by atoms with Gasteiger partial charge in [0.25, 0.3) is 6.71 Å². The van der Waals surface area contributed by atoms with Crippen LogP contribution in [0.3, 0.4) is 0 Å². The van der Waals surface area contributed by atoms with Crippen molar-refractivity contribution in [2.45, 2.75) is 103 Å². The van der Waals surface area contributed by atoms with Crippen LogP contribution >= 0.6 is 0 Å². The number of fused-ring (bicyclic) bond motifs is 8. The van der Waals surface area contributed by atoms with Gasteiger partial charge in [0.1, 0.15) is 0 Å². The van der Waals surface area contributed by atoms with E-state index in [0.717, 1.165) is 19.3 Å². The minimum Gasteiger partial charge on any atom is -0.335 e. The summed E-state index contributed by atoms with van der Waals surface area (Å²) in [5.41, 5.74) is 24.9. The number of nitrogens with zero attached hydrogens (tertiary/aromatic N) is 2. The molecule has 1 unspecified atom stereocenters. The van der Waals surface area contributed by atoms with Gasteiger partial charge in [-0.1, -0.05) is 106 Å². The maximum Gasteiger partial charge on any atom is 0.252 e. The predicted molar refractivity (Wildman–Crippen MR) is 234 cm³/mol. The zero-order valence-electron chi connectivity index (χ0n) is 32.8. The molecule has 0 spiro atoms. The lowest BCUT2D eigenvalue weighted by atomic mass is 9.32. The molecule has 0 fully saturated rings. The Labute approximate surface area is 328 Å². The molecule has 11 rings (SSSR count). The van der Waals surface area contributed by atoms with E-state index in [-0.39, 0.29) is 18.2 Å². The summed E-state index contributed by atoms with van der Waals surface area (Å²) in [6.45, 7) is 7.10. The zero-order valence-corrected chi connectivity index (χ0v) is 32.8. The molecule has 6 aromatic rings. The van der Waals surface area contributed by atoms with Crippen molar-refractivity contribution >= 4 is 51.5 Å². The fourth-order valence-corrected chi connectivity index (χ4v) is 11.2. The van der Waals surface area contributed by atoms with Crippen molar-refractivity contribution in [1.29, 1.82) is 0 Å². The average Bonchev–Trinajstić information content (AvgIpc) is 3.23. The molecule has 5 aliphatic rings. The monoisotopic (exact) mass is 714 g/mol. The fraction of sp³-hybridized carbons (Fsp3) is 0.308. The van der Waals surface area contributed by atoms with E-state index in [0.29, 0.717) is 0 Å². The number of hydrogen-bond donors (Lipinski definition) is 0. The molecule has 6 aromatic carbocycles. The summed E-state index contributed by atoms with van der Waals surface area (Å²) in [4.78, 5) is 5.50. The first-order valence-corrected chi connectivity index (χ1v) is 21.2. The average molecular weight is 715 g/mol. The van der Waals surface area contributed by atoms with Gasteiger partial charge in [-0.25, -0.2) is 0 Å². The molecule has 55 heavy (non-hydrogen) atoms. The van der Waals surface area contributed by atoms with Crippen molar-refractivity contribution in [3.8, 4) is 11.1 Å². The summed E-state index contributed by atoms with van der Waals surface area (Å²) in [6.07, 6.45) is 13.3. The summed E-state index contributed by atoms with van der Waals surface area (Å²) in [7, 11) is 0. The second-order valence-corrected chi connectivity index (χ2v) is 18.0. The summed E-state index contributed by atoms with van der Waals surface area (Å²) in [6, 6.07) is 45.9. The second kappa shape index (κ2) is 12.8. The summed E-state index contributed by atoms with van der Waals surface area (Å²) < 4.78 is 0. The van der Waals surface area contributed by atoms with Gasteiger partial charge in [0.2, 0.25) is 0 Å². The maximum absolute atomic E-state index is 2.79. The van der Waals surface area contributed by atoms with Crippen LogP contribution < -0.4 is 26.2 Å². The highest BCUT2D eigenvalue weighted by Crippen LogP contribution is 2.49. The van der Waals surface area contributed by atoms with Crippen LogP contribution in [0.25, 0.3) is 11.1 Å². The lowest BCUT2D eigenvalue weighted by molar-refractivity contribution is 0.559. The quantitative estimate of drug-likeness (QED) is 0.168. The molecule has 1 atom stereocenters. The molecule has 2 nitrogen and oxygen atoms in total. The Balaban J connectivity index is 1.20. The van der Waals surface area contributed by atoms with Gasteiger partial charge in [-0.05, 0) is 173 Å². The molecule has 2 aliphatic heterocycles. The summed E-state index contributed by atoms with van der Waals surface area (Å²) in [5.74, 6) is 0. The number of aryl methyl sites for hydroxylation is 3. The van der Waals surface area contributed by atoms with Crippen LogP contribution in [0, 0.1) is 0 Å². The third kappa shape index (κ3) is 5.22. The third-order valence-corrected chi connectivity index (χ3v) is 13.9. The molecule has 2 heterocycles. The van der Waals surface area contributed by atoms with Crippen LogP contribution in [0.2, 0.25) is 0 Å². The largest absolute Gasteiger partial charge is 0.335 e. The van der Waals surface area contributed by atoms with Gasteiger partial charge < -0.3 is 9.80 Å². The Bertz CT molecular complexity index is 2490. The van der Waals surface area contributed by atoms with Crippen molar-refractivity contribution in [3.05, 3.63) is 154 Å². The Morgan fingerprint density at radius 3 is 1.98 bits per heavy atom. The minimum absolute atomic E-state index is 0.125. The lowest BCUT2D eigenvalue weighted by Gasteiger charge is -2.48. The molecule has 0 amide bonds. The highest BCUT2D eigenvalue weighted by atomic mass is 15.2. The number of anilines is 5. The van der Waals surface area contributed by atoms with Crippen LogP contribution in [0.15, 0.2) is 115 Å². The predicted octanol–water partition coefficient (Wildman–Crippen LogP) is 11.2. The lowest BCUT2D eigenvalue weighted by Crippen LogP contribution is -2.63. The van der Waals surface area contributed by atoms with Gasteiger partial charge in [-0.15, -0.1) is 0 Å². The number of rotatable bonds is 3. The highest BCUT2D eigenvalue weighted by molar-refractivity contribution is 7.00.